The molecule has 2 atom stereocenters. The molecule has 108 valence electrons. The van der Waals surface area contributed by atoms with Gasteiger partial charge in [0.25, 0.3) is 5.91 Å². The number of ether oxygens (including phenoxy) is 1. The number of amides is 1. The van der Waals surface area contributed by atoms with Crippen LogP contribution in [0.5, 0.6) is 0 Å². The van der Waals surface area contributed by atoms with Gasteiger partial charge in [0.1, 0.15) is 0 Å². The summed E-state index contributed by atoms with van der Waals surface area (Å²) in [6.07, 6.45) is 3.52. The van der Waals surface area contributed by atoms with E-state index in [0.29, 0.717) is 16.5 Å². The van der Waals surface area contributed by atoms with Gasteiger partial charge in [0, 0.05) is 24.4 Å². The minimum Gasteiger partial charge on any atom is -0.387 e. The molecule has 0 bridgehead atoms. The Hall–Kier alpha value is -1.26. The van der Waals surface area contributed by atoms with Crippen molar-refractivity contribution in [3.63, 3.8) is 0 Å². The maximum absolute atomic E-state index is 12.5. The lowest BCUT2D eigenvalue weighted by molar-refractivity contribution is 0.0730. The molecule has 1 saturated heterocycles. The number of anilines is 1. The monoisotopic (exact) mass is 294 g/mol. The third-order valence-corrected chi connectivity index (χ3v) is 4.27. The van der Waals surface area contributed by atoms with Crippen molar-refractivity contribution in [1.29, 1.82) is 0 Å². The van der Waals surface area contributed by atoms with Crippen LogP contribution in [-0.2, 0) is 4.74 Å². The second kappa shape index (κ2) is 5.62. The first kappa shape index (κ1) is 13.7. The first-order chi connectivity index (χ1) is 9.69. The molecule has 2 unspecified atom stereocenters. The van der Waals surface area contributed by atoms with Crippen LogP contribution in [0.4, 0.5) is 5.69 Å². The lowest BCUT2D eigenvalue weighted by Gasteiger charge is -2.20. The third-order valence-electron chi connectivity index (χ3n) is 4.03. The zero-order chi connectivity index (χ0) is 14.1. The van der Waals surface area contributed by atoms with Gasteiger partial charge in [-0.3, -0.25) is 4.79 Å². The molecule has 5 heteroatoms. The highest BCUT2D eigenvalue weighted by molar-refractivity contribution is 6.31. The van der Waals surface area contributed by atoms with Gasteiger partial charge in [-0.1, -0.05) is 11.6 Å². The fourth-order valence-corrected chi connectivity index (χ4v) is 3.00. The van der Waals surface area contributed by atoms with E-state index < -0.39 is 0 Å². The summed E-state index contributed by atoms with van der Waals surface area (Å²) in [6.45, 7) is 0.737. The van der Waals surface area contributed by atoms with Gasteiger partial charge in [-0.2, -0.15) is 0 Å². The highest BCUT2D eigenvalue weighted by Gasteiger charge is 2.41. The first-order valence-electron chi connectivity index (χ1n) is 7.09. The van der Waals surface area contributed by atoms with Crippen LogP contribution in [0.1, 0.15) is 29.6 Å². The summed E-state index contributed by atoms with van der Waals surface area (Å²) in [5.41, 5.74) is 1.37. The van der Waals surface area contributed by atoms with E-state index in [4.69, 9.17) is 16.3 Å². The van der Waals surface area contributed by atoms with Gasteiger partial charge in [-0.15, -0.1) is 0 Å². The molecule has 1 amide bonds. The standard InChI is InChI=1S/C15H19ClN2O2/c1-17-12-5-4-10(16)8-11(12)15(19)18-13-6-7-20-14(13)9-2-3-9/h4-5,8-9,13-14,17H,2-3,6-7H2,1H3,(H,18,19). The number of rotatable bonds is 4. The lowest BCUT2D eigenvalue weighted by Crippen LogP contribution is -2.41. The Morgan fingerprint density at radius 3 is 2.85 bits per heavy atom. The summed E-state index contributed by atoms with van der Waals surface area (Å²) >= 11 is 5.99. The van der Waals surface area contributed by atoms with E-state index in [9.17, 15) is 4.79 Å². The van der Waals surface area contributed by atoms with Gasteiger partial charge in [-0.05, 0) is 43.4 Å². The number of carbonyl (C=O) groups excluding carboxylic acids is 1. The average molecular weight is 295 g/mol. The molecule has 1 aromatic carbocycles. The minimum absolute atomic E-state index is 0.0852. The van der Waals surface area contributed by atoms with Crippen molar-refractivity contribution in [2.24, 2.45) is 5.92 Å². The van der Waals surface area contributed by atoms with E-state index in [1.165, 1.54) is 12.8 Å². The molecule has 20 heavy (non-hydrogen) atoms. The van der Waals surface area contributed by atoms with E-state index in [1.807, 2.05) is 6.07 Å². The number of halogens is 1. The topological polar surface area (TPSA) is 50.4 Å². The van der Waals surface area contributed by atoms with E-state index in [-0.39, 0.29) is 18.1 Å². The second-order valence-electron chi connectivity index (χ2n) is 5.48. The van der Waals surface area contributed by atoms with Gasteiger partial charge in [0.2, 0.25) is 0 Å². The van der Waals surface area contributed by atoms with E-state index in [0.717, 1.165) is 18.7 Å². The van der Waals surface area contributed by atoms with Crippen molar-refractivity contribution in [1.82, 2.24) is 5.32 Å². The molecular weight excluding hydrogens is 276 g/mol. The number of nitrogens with one attached hydrogen (secondary N) is 2. The fourth-order valence-electron chi connectivity index (χ4n) is 2.82. The lowest BCUT2D eigenvalue weighted by atomic mass is 10.1. The molecular formula is C15H19ClN2O2. The van der Waals surface area contributed by atoms with Crippen LogP contribution in [0.3, 0.4) is 0 Å². The zero-order valence-corrected chi connectivity index (χ0v) is 12.2. The highest BCUT2D eigenvalue weighted by Crippen LogP contribution is 2.38. The summed E-state index contributed by atoms with van der Waals surface area (Å²) in [5, 5.41) is 6.70. The molecule has 1 heterocycles. The maximum atomic E-state index is 12.5. The minimum atomic E-state index is -0.0852. The predicted octanol–water partition coefficient (Wildman–Crippen LogP) is 2.68. The van der Waals surface area contributed by atoms with Crippen LogP contribution in [0.2, 0.25) is 5.02 Å². The Morgan fingerprint density at radius 2 is 2.15 bits per heavy atom. The van der Waals surface area contributed by atoms with E-state index >= 15 is 0 Å². The van der Waals surface area contributed by atoms with E-state index in [2.05, 4.69) is 10.6 Å². The zero-order valence-electron chi connectivity index (χ0n) is 11.5. The summed E-state index contributed by atoms with van der Waals surface area (Å²) in [6, 6.07) is 5.42. The van der Waals surface area contributed by atoms with Gasteiger partial charge >= 0.3 is 0 Å². The Kier molecular flexibility index (Phi) is 3.85. The maximum Gasteiger partial charge on any atom is 0.253 e. The van der Waals surface area contributed by atoms with Crippen LogP contribution in [-0.4, -0.2) is 31.7 Å². The van der Waals surface area contributed by atoms with Gasteiger partial charge in [0.05, 0.1) is 17.7 Å². The molecule has 0 aromatic heterocycles. The summed E-state index contributed by atoms with van der Waals surface area (Å²) < 4.78 is 5.75. The molecule has 1 aliphatic carbocycles. The Morgan fingerprint density at radius 1 is 1.35 bits per heavy atom. The highest BCUT2D eigenvalue weighted by atomic mass is 35.5. The van der Waals surface area contributed by atoms with Crippen molar-refractivity contribution in [3.05, 3.63) is 28.8 Å². The molecule has 1 aromatic rings. The van der Waals surface area contributed by atoms with Crippen LogP contribution in [0.15, 0.2) is 18.2 Å². The largest absolute Gasteiger partial charge is 0.387 e. The molecule has 4 nitrogen and oxygen atoms in total. The fraction of sp³-hybridized carbons (Fsp3) is 0.533. The van der Waals surface area contributed by atoms with Crippen LogP contribution in [0.25, 0.3) is 0 Å². The normalized spacial score (nSPS) is 25.5. The van der Waals surface area contributed by atoms with Crippen molar-refractivity contribution in [2.75, 3.05) is 19.0 Å². The average Bonchev–Trinajstić information content (AvgIpc) is 3.19. The molecule has 3 rings (SSSR count). The number of hydrogen-bond donors (Lipinski definition) is 2. The summed E-state index contributed by atoms with van der Waals surface area (Å²) in [5.74, 6) is 0.545. The van der Waals surface area contributed by atoms with Crippen LogP contribution >= 0.6 is 11.6 Å². The van der Waals surface area contributed by atoms with E-state index in [1.54, 1.807) is 19.2 Å². The third kappa shape index (κ3) is 2.76. The second-order valence-corrected chi connectivity index (χ2v) is 5.92. The smallest absolute Gasteiger partial charge is 0.253 e. The quantitative estimate of drug-likeness (QED) is 0.898. The number of benzene rings is 1. The summed E-state index contributed by atoms with van der Waals surface area (Å²) in [4.78, 5) is 12.5. The van der Waals surface area contributed by atoms with Gasteiger partial charge in [-0.25, -0.2) is 0 Å². The number of carbonyl (C=O) groups is 1. The first-order valence-corrected chi connectivity index (χ1v) is 7.46. The molecule has 0 spiro atoms. The van der Waals surface area contributed by atoms with Crippen molar-refractivity contribution >= 4 is 23.2 Å². The molecule has 1 saturated carbocycles. The molecule has 2 fully saturated rings. The summed E-state index contributed by atoms with van der Waals surface area (Å²) in [7, 11) is 1.80. The Balaban J connectivity index is 1.74. The van der Waals surface area contributed by atoms with Gasteiger partial charge in [0.15, 0.2) is 0 Å². The molecule has 1 aliphatic heterocycles. The Labute approximate surface area is 123 Å². The Bertz CT molecular complexity index is 517. The molecule has 2 N–H and O–H groups in total. The molecule has 0 radical (unpaired) electrons. The van der Waals surface area contributed by atoms with Crippen molar-refractivity contribution < 1.29 is 9.53 Å². The number of hydrogen-bond acceptors (Lipinski definition) is 3. The predicted molar refractivity (Wildman–Crippen MR) is 79.3 cm³/mol. The van der Waals surface area contributed by atoms with Gasteiger partial charge < -0.3 is 15.4 Å². The van der Waals surface area contributed by atoms with Crippen molar-refractivity contribution in [2.45, 2.75) is 31.4 Å². The SMILES string of the molecule is CNc1ccc(Cl)cc1C(=O)NC1CCOC1C1CC1. The van der Waals surface area contributed by atoms with Crippen LogP contribution in [0, 0.1) is 5.92 Å². The van der Waals surface area contributed by atoms with Crippen molar-refractivity contribution in [3.8, 4) is 0 Å². The van der Waals surface area contributed by atoms with Crippen LogP contribution < -0.4 is 10.6 Å². The molecule has 2 aliphatic rings.